The third-order valence-corrected chi connectivity index (χ3v) is 9.77. The Kier molecular flexibility index (Phi) is 21.1. The van der Waals surface area contributed by atoms with Crippen molar-refractivity contribution in [2.75, 3.05) is 31.7 Å². The average molecular weight is 855 g/mol. The molecule has 6 amide bonds. The molecule has 1 saturated heterocycles. The minimum absolute atomic E-state index is 0.0109. The van der Waals surface area contributed by atoms with Gasteiger partial charge in [0.1, 0.15) is 36.3 Å². The molecule has 7 atom stereocenters. The molecule has 0 bridgehead atoms. The van der Waals surface area contributed by atoms with Crippen molar-refractivity contribution in [3.8, 4) is 0 Å². The Morgan fingerprint density at radius 1 is 0.915 bits per heavy atom. The summed E-state index contributed by atoms with van der Waals surface area (Å²) in [4.78, 5) is 116. The Morgan fingerprint density at radius 2 is 1.54 bits per heavy atom. The number of amides is 6. The van der Waals surface area contributed by atoms with Crippen LogP contribution in [0.2, 0.25) is 0 Å². The van der Waals surface area contributed by atoms with Crippen LogP contribution in [-0.4, -0.2) is 158 Å². The van der Waals surface area contributed by atoms with E-state index in [-0.39, 0.29) is 57.1 Å². The van der Waals surface area contributed by atoms with Crippen molar-refractivity contribution >= 4 is 65.1 Å². The molecule has 2 heterocycles. The predicted molar refractivity (Wildman–Crippen MR) is 214 cm³/mol. The van der Waals surface area contributed by atoms with Gasteiger partial charge >= 0.3 is 11.9 Å². The second kappa shape index (κ2) is 25.1. The van der Waals surface area contributed by atoms with Gasteiger partial charge in [-0.05, 0) is 56.5 Å². The molecular weight excluding hydrogens is 797 g/mol. The van der Waals surface area contributed by atoms with Crippen LogP contribution in [0, 0.1) is 5.92 Å². The number of nitrogens with zero attached hydrogens (tertiary/aromatic N) is 3. The molecule has 15 N–H and O–H groups in total. The maximum atomic E-state index is 13.9. The fraction of sp³-hybridized carbons (Fsp3) is 0.657. The molecule has 0 radical (unpaired) electrons. The summed E-state index contributed by atoms with van der Waals surface area (Å²) in [6.45, 7) is 2.81. The fourth-order valence-corrected chi connectivity index (χ4v) is 6.58. The van der Waals surface area contributed by atoms with Gasteiger partial charge in [0, 0.05) is 31.4 Å². The second-order valence-corrected chi connectivity index (χ2v) is 15.3. The molecule has 59 heavy (non-hydrogen) atoms. The number of carboxylic acids is 2. The molecule has 0 aromatic carbocycles. The van der Waals surface area contributed by atoms with E-state index in [4.69, 9.17) is 17.2 Å². The van der Waals surface area contributed by atoms with Crippen LogP contribution in [0.3, 0.4) is 0 Å². The lowest BCUT2D eigenvalue weighted by atomic mass is 10.0. The van der Waals surface area contributed by atoms with Gasteiger partial charge in [-0.25, -0.2) is 9.78 Å². The Morgan fingerprint density at radius 3 is 2.12 bits per heavy atom. The topological polar surface area (TPSA) is 380 Å². The molecule has 1 aliphatic heterocycles. The van der Waals surface area contributed by atoms with E-state index >= 15 is 0 Å². The third kappa shape index (κ3) is 17.1. The average Bonchev–Trinajstić information content (AvgIpc) is 3.88. The van der Waals surface area contributed by atoms with Crippen LogP contribution in [0.4, 0.5) is 0 Å². The highest BCUT2D eigenvalue weighted by atomic mass is 32.2. The van der Waals surface area contributed by atoms with Crippen LogP contribution in [0.25, 0.3) is 0 Å². The number of imidazole rings is 1. The number of hydrogen-bond donors (Lipinski definition) is 12. The second-order valence-electron chi connectivity index (χ2n) is 14.4. The lowest BCUT2D eigenvalue weighted by Crippen LogP contribution is -2.60. The molecule has 1 aliphatic rings. The zero-order valence-corrected chi connectivity index (χ0v) is 34.2. The van der Waals surface area contributed by atoms with E-state index in [0.29, 0.717) is 24.3 Å². The summed E-state index contributed by atoms with van der Waals surface area (Å²) in [6, 6.07) is -9.40. The van der Waals surface area contributed by atoms with E-state index in [2.05, 4.69) is 41.5 Å². The minimum atomic E-state index is -1.75. The molecule has 0 saturated carbocycles. The van der Waals surface area contributed by atoms with Crippen molar-refractivity contribution in [3.05, 3.63) is 18.2 Å². The molecule has 0 unspecified atom stereocenters. The van der Waals surface area contributed by atoms with Crippen LogP contribution in [0.5, 0.6) is 0 Å². The number of carbonyl (C=O) groups is 8. The van der Waals surface area contributed by atoms with Gasteiger partial charge in [0.15, 0.2) is 5.96 Å². The van der Waals surface area contributed by atoms with Crippen molar-refractivity contribution in [2.45, 2.75) is 108 Å². The first-order valence-corrected chi connectivity index (χ1v) is 20.4. The van der Waals surface area contributed by atoms with Gasteiger partial charge in [0.2, 0.25) is 35.4 Å². The zero-order chi connectivity index (χ0) is 44.2. The highest BCUT2D eigenvalue weighted by Crippen LogP contribution is 2.20. The molecule has 1 fully saturated rings. The van der Waals surface area contributed by atoms with Gasteiger partial charge in [-0.1, -0.05) is 13.8 Å². The summed E-state index contributed by atoms with van der Waals surface area (Å²) in [5.41, 5.74) is 17.0. The third-order valence-electron chi connectivity index (χ3n) is 9.13. The number of hydrogen-bond acceptors (Lipinski definition) is 13. The maximum Gasteiger partial charge on any atom is 0.326 e. The van der Waals surface area contributed by atoms with Gasteiger partial charge in [-0.2, -0.15) is 11.8 Å². The van der Waals surface area contributed by atoms with E-state index in [9.17, 15) is 53.7 Å². The molecule has 23 nitrogen and oxygen atoms in total. The molecule has 1 aromatic rings. The van der Waals surface area contributed by atoms with Gasteiger partial charge in [0.05, 0.1) is 25.4 Å². The molecule has 1 aromatic heterocycles. The molecule has 0 aliphatic carbocycles. The first-order valence-electron chi connectivity index (χ1n) is 19.0. The minimum Gasteiger partial charge on any atom is -0.481 e. The number of guanidine groups is 1. The molecule has 0 spiro atoms. The van der Waals surface area contributed by atoms with Crippen molar-refractivity contribution < 1.29 is 53.7 Å². The van der Waals surface area contributed by atoms with Crippen LogP contribution in [0.1, 0.15) is 64.5 Å². The molecular formula is C35H58N12O11S. The Hall–Kier alpha value is -5.49. The first-order chi connectivity index (χ1) is 27.9. The van der Waals surface area contributed by atoms with Gasteiger partial charge in [-0.15, -0.1) is 0 Å². The quantitative estimate of drug-likeness (QED) is 0.0241. The number of aliphatic carboxylic acids is 2. The van der Waals surface area contributed by atoms with E-state index in [1.165, 1.54) is 24.3 Å². The van der Waals surface area contributed by atoms with E-state index < -0.39 is 103 Å². The number of thioether (sulfide) groups is 1. The smallest absolute Gasteiger partial charge is 0.326 e. The summed E-state index contributed by atoms with van der Waals surface area (Å²) in [5, 5.41) is 41.7. The summed E-state index contributed by atoms with van der Waals surface area (Å²) >= 11 is 1.38. The van der Waals surface area contributed by atoms with Gasteiger partial charge < -0.3 is 69.0 Å². The van der Waals surface area contributed by atoms with Gasteiger partial charge in [-0.3, -0.25) is 38.6 Å². The number of carbonyl (C=O) groups excluding carboxylic acids is 6. The summed E-state index contributed by atoms with van der Waals surface area (Å²) < 4.78 is 0. The highest BCUT2D eigenvalue weighted by molar-refractivity contribution is 7.98. The number of likely N-dealkylation sites (tertiary alicyclic amines) is 1. The largest absolute Gasteiger partial charge is 0.481 e. The van der Waals surface area contributed by atoms with Crippen molar-refractivity contribution in [1.29, 1.82) is 0 Å². The van der Waals surface area contributed by atoms with E-state index in [1.54, 1.807) is 20.1 Å². The molecule has 2 rings (SSSR count). The summed E-state index contributed by atoms with van der Waals surface area (Å²) in [7, 11) is 0. The predicted octanol–water partition coefficient (Wildman–Crippen LogP) is -3.90. The lowest BCUT2D eigenvalue weighted by molar-refractivity contribution is -0.146. The van der Waals surface area contributed by atoms with Crippen molar-refractivity contribution in [1.82, 2.24) is 41.5 Å². The molecule has 24 heteroatoms. The number of aliphatic imine (C=N–C) groups is 1. The van der Waals surface area contributed by atoms with Gasteiger partial charge in [0.25, 0.3) is 0 Å². The normalized spacial score (nSPS) is 16.7. The Labute approximate surface area is 345 Å². The van der Waals surface area contributed by atoms with Crippen LogP contribution in [-0.2, 0) is 44.8 Å². The number of H-pyrrole nitrogens is 1. The SMILES string of the molecule is CSCC[C@H](NC(=O)[C@@H]1CCCN1C(=O)[C@H](CC(=O)O)NC(=O)[C@H](CO)NC(=O)[C@H](CC(C)C)NC(=O)[C@@H](N)CCCN=C(N)N)C(=O)N[C@@H](Cc1cnc[nH]1)C(=O)O. The number of nitrogens with one attached hydrogen (secondary N) is 6. The number of aromatic nitrogens is 2. The molecule has 330 valence electrons. The van der Waals surface area contributed by atoms with E-state index in [0.717, 1.165) is 4.90 Å². The highest BCUT2D eigenvalue weighted by Gasteiger charge is 2.40. The number of carboxylic acid groups (broad SMARTS) is 2. The lowest BCUT2D eigenvalue weighted by Gasteiger charge is -2.30. The number of aliphatic hydroxyl groups excluding tert-OH is 1. The zero-order valence-electron chi connectivity index (χ0n) is 33.3. The van der Waals surface area contributed by atoms with Crippen LogP contribution >= 0.6 is 11.8 Å². The number of aliphatic hydroxyl groups is 1. The Balaban J connectivity index is 2.18. The summed E-state index contributed by atoms with van der Waals surface area (Å²) in [6.07, 6.45) is 4.71. The number of nitrogens with two attached hydrogens (primary N) is 3. The first kappa shape index (κ1) is 49.7. The fourth-order valence-electron chi connectivity index (χ4n) is 6.11. The standard InChI is InChI=1S/C35H58N12O11S/c1-18(2)12-22(43-28(51)20(36)6-4-9-40-35(37)38)30(53)46-25(16-48)31(54)44-23(14-27(49)50)33(56)47-10-5-7-26(47)32(55)42-21(8-11-59-3)29(52)45-24(34(57)58)13-19-15-39-17-41-19/h15,17-18,20-26,48H,4-14,16,36H2,1-3H3,(H,39,41)(H,42,55)(H,43,51)(H,44,54)(H,45,52)(H,46,53)(H,49,50)(H,57,58)(H4,37,38,40)/t20-,21-,22-,23-,24-,25-,26-/m0/s1. The van der Waals surface area contributed by atoms with Crippen molar-refractivity contribution in [2.24, 2.45) is 28.1 Å². The Bertz CT molecular complexity index is 1630. The van der Waals surface area contributed by atoms with Crippen LogP contribution < -0.4 is 43.8 Å². The van der Waals surface area contributed by atoms with Crippen molar-refractivity contribution in [3.63, 3.8) is 0 Å². The monoisotopic (exact) mass is 854 g/mol. The summed E-state index contributed by atoms with van der Waals surface area (Å²) in [5.74, 6) is -7.78. The number of rotatable bonds is 26. The number of aromatic amines is 1. The van der Waals surface area contributed by atoms with Crippen LogP contribution in [0.15, 0.2) is 17.5 Å². The van der Waals surface area contributed by atoms with E-state index in [1.807, 2.05) is 0 Å². The maximum absolute atomic E-state index is 13.9.